The molecule has 0 atom stereocenters. The molecule has 1 aromatic heterocycles. The zero-order valence-corrected chi connectivity index (χ0v) is 12.2. The average Bonchev–Trinajstić information content (AvgIpc) is 2.99. The summed E-state index contributed by atoms with van der Waals surface area (Å²) < 4.78 is 0. The highest BCUT2D eigenvalue weighted by Crippen LogP contribution is 2.34. The number of nitrogens with zero attached hydrogens (tertiary/aromatic N) is 2. The van der Waals surface area contributed by atoms with E-state index < -0.39 is 0 Å². The molecule has 0 saturated heterocycles. The molecule has 1 aromatic carbocycles. The third kappa shape index (κ3) is 2.34. The van der Waals surface area contributed by atoms with Crippen molar-refractivity contribution in [2.45, 2.75) is 24.2 Å². The first-order chi connectivity index (χ1) is 9.31. The highest BCUT2D eigenvalue weighted by atomic mass is 32.2. The molecule has 1 heterocycles. The van der Waals surface area contributed by atoms with Gasteiger partial charge in [-0.25, -0.2) is 4.98 Å². The van der Waals surface area contributed by atoms with E-state index in [2.05, 4.69) is 16.4 Å². The molecular weight excluding hydrogens is 274 g/mol. The van der Waals surface area contributed by atoms with Gasteiger partial charge in [0.2, 0.25) is 0 Å². The summed E-state index contributed by atoms with van der Waals surface area (Å²) in [6.45, 7) is 0. The smallest absolute Gasteiger partial charge is 0.187 e. The van der Waals surface area contributed by atoms with Crippen molar-refractivity contribution in [3.05, 3.63) is 34.3 Å². The van der Waals surface area contributed by atoms with Crippen LogP contribution in [0.4, 0.5) is 10.8 Å². The summed E-state index contributed by atoms with van der Waals surface area (Å²) in [6, 6.07) is 8.15. The second-order valence-corrected chi connectivity index (χ2v) is 6.29. The van der Waals surface area contributed by atoms with Gasteiger partial charge in [0.25, 0.3) is 0 Å². The molecule has 0 radical (unpaired) electrons. The summed E-state index contributed by atoms with van der Waals surface area (Å²) in [5.41, 5.74) is 2.78. The van der Waals surface area contributed by atoms with Crippen LogP contribution in [-0.2, 0) is 12.8 Å². The largest absolute Gasteiger partial charge is 0.330 e. The van der Waals surface area contributed by atoms with E-state index >= 15 is 0 Å². The van der Waals surface area contributed by atoms with Gasteiger partial charge in [0, 0.05) is 9.77 Å². The summed E-state index contributed by atoms with van der Waals surface area (Å²) in [5.74, 6) is 0. The Morgan fingerprint density at radius 2 is 2.32 bits per heavy atom. The summed E-state index contributed by atoms with van der Waals surface area (Å²) >= 11 is 3.30. The Kier molecular flexibility index (Phi) is 3.45. The van der Waals surface area contributed by atoms with Gasteiger partial charge in [0.1, 0.15) is 6.07 Å². The Balaban J connectivity index is 1.92. The van der Waals surface area contributed by atoms with Crippen molar-refractivity contribution >= 4 is 33.9 Å². The highest BCUT2D eigenvalue weighted by molar-refractivity contribution is 7.98. The van der Waals surface area contributed by atoms with Crippen LogP contribution < -0.4 is 5.32 Å². The van der Waals surface area contributed by atoms with Crippen molar-refractivity contribution in [3.8, 4) is 6.07 Å². The molecule has 0 fully saturated rings. The summed E-state index contributed by atoms with van der Waals surface area (Å²) in [7, 11) is 0. The molecule has 19 heavy (non-hydrogen) atoms. The molecular formula is C14H13N3S2. The number of nitrogens with one attached hydrogen (secondary N) is 1. The first kappa shape index (κ1) is 12.5. The van der Waals surface area contributed by atoms with Crippen LogP contribution in [0.3, 0.4) is 0 Å². The lowest BCUT2D eigenvalue weighted by molar-refractivity contribution is 0.900. The van der Waals surface area contributed by atoms with Gasteiger partial charge < -0.3 is 5.32 Å². The number of hydrogen-bond acceptors (Lipinski definition) is 5. The van der Waals surface area contributed by atoms with Gasteiger partial charge >= 0.3 is 0 Å². The third-order valence-corrected chi connectivity index (χ3v) is 5.05. The second kappa shape index (κ2) is 5.24. The zero-order valence-electron chi connectivity index (χ0n) is 10.6. The molecule has 0 saturated carbocycles. The molecule has 3 nitrogen and oxygen atoms in total. The number of aryl methyl sites for hydroxylation is 2. The quantitative estimate of drug-likeness (QED) is 0.868. The molecule has 1 N–H and O–H groups in total. The molecule has 0 aliphatic heterocycles. The molecule has 0 amide bonds. The minimum atomic E-state index is 0.699. The number of nitriles is 1. The molecule has 1 aliphatic rings. The van der Waals surface area contributed by atoms with Crippen molar-refractivity contribution < 1.29 is 0 Å². The normalized spacial score (nSPS) is 13.1. The zero-order chi connectivity index (χ0) is 13.2. The molecule has 1 aliphatic carbocycles. The Bertz CT molecular complexity index is 634. The number of anilines is 2. The monoisotopic (exact) mass is 287 g/mol. The maximum absolute atomic E-state index is 9.31. The Labute approximate surface area is 120 Å². The second-order valence-electron chi connectivity index (χ2n) is 4.36. The predicted octanol–water partition coefficient (Wildman–Crippen LogP) is 3.97. The van der Waals surface area contributed by atoms with E-state index in [4.69, 9.17) is 0 Å². The van der Waals surface area contributed by atoms with Gasteiger partial charge in [-0.2, -0.15) is 5.26 Å². The molecule has 2 aromatic rings. The van der Waals surface area contributed by atoms with Crippen molar-refractivity contribution in [2.75, 3.05) is 11.6 Å². The van der Waals surface area contributed by atoms with E-state index in [1.807, 2.05) is 24.5 Å². The Morgan fingerprint density at radius 1 is 1.42 bits per heavy atom. The third-order valence-electron chi connectivity index (χ3n) is 3.20. The number of hydrogen-bond donors (Lipinski definition) is 1. The number of aromatic nitrogens is 1. The first-order valence-electron chi connectivity index (χ1n) is 6.14. The summed E-state index contributed by atoms with van der Waals surface area (Å²) in [6.07, 6.45) is 5.44. The number of benzene rings is 1. The molecule has 0 spiro atoms. The molecule has 0 unspecified atom stereocenters. The van der Waals surface area contributed by atoms with Gasteiger partial charge in [0.15, 0.2) is 5.13 Å². The van der Waals surface area contributed by atoms with Crippen LogP contribution in [0.25, 0.3) is 0 Å². The molecule has 0 bridgehead atoms. The van der Waals surface area contributed by atoms with Crippen LogP contribution >= 0.6 is 23.1 Å². The van der Waals surface area contributed by atoms with Crippen LogP contribution in [0.2, 0.25) is 0 Å². The van der Waals surface area contributed by atoms with E-state index in [1.165, 1.54) is 17.0 Å². The van der Waals surface area contributed by atoms with Gasteiger partial charge in [-0.15, -0.1) is 23.1 Å². The minimum absolute atomic E-state index is 0.699. The molecule has 3 rings (SSSR count). The van der Waals surface area contributed by atoms with Crippen molar-refractivity contribution in [3.63, 3.8) is 0 Å². The average molecular weight is 287 g/mol. The SMILES string of the molecule is CSc1cccc(Nc2nc3c(s2)CCC3)c1C#N. The molecule has 96 valence electrons. The van der Waals surface area contributed by atoms with Crippen LogP contribution in [0, 0.1) is 11.3 Å². The lowest BCUT2D eigenvalue weighted by Gasteiger charge is -2.08. The summed E-state index contributed by atoms with van der Waals surface area (Å²) in [4.78, 5) is 7.00. The van der Waals surface area contributed by atoms with E-state index in [0.29, 0.717) is 5.56 Å². The van der Waals surface area contributed by atoms with Crippen LogP contribution in [0.15, 0.2) is 23.1 Å². The number of thiazole rings is 1. The number of thioether (sulfide) groups is 1. The van der Waals surface area contributed by atoms with E-state index in [-0.39, 0.29) is 0 Å². The molecule has 5 heteroatoms. The van der Waals surface area contributed by atoms with E-state index in [0.717, 1.165) is 28.6 Å². The Hall–Kier alpha value is -1.51. The predicted molar refractivity (Wildman–Crippen MR) is 80.4 cm³/mol. The fourth-order valence-corrected chi connectivity index (χ4v) is 3.92. The Morgan fingerprint density at radius 3 is 3.05 bits per heavy atom. The fourth-order valence-electron chi connectivity index (χ4n) is 2.28. The first-order valence-corrected chi connectivity index (χ1v) is 8.18. The maximum atomic E-state index is 9.31. The van der Waals surface area contributed by atoms with Crippen LogP contribution in [0.1, 0.15) is 22.6 Å². The standard InChI is InChI=1S/C14H13N3S2/c1-18-12-6-2-4-10(9(12)8-15)16-14-17-11-5-3-7-13(11)19-14/h2,4,6H,3,5,7H2,1H3,(H,16,17). The lowest BCUT2D eigenvalue weighted by atomic mass is 10.2. The fraction of sp³-hybridized carbons (Fsp3) is 0.286. The number of fused-ring (bicyclic) bond motifs is 1. The topological polar surface area (TPSA) is 48.7 Å². The number of rotatable bonds is 3. The van der Waals surface area contributed by atoms with Crippen LogP contribution in [-0.4, -0.2) is 11.2 Å². The summed E-state index contributed by atoms with van der Waals surface area (Å²) in [5, 5.41) is 13.5. The maximum Gasteiger partial charge on any atom is 0.187 e. The van der Waals surface area contributed by atoms with Crippen LogP contribution in [0.5, 0.6) is 0 Å². The van der Waals surface area contributed by atoms with Gasteiger partial charge in [-0.1, -0.05) is 6.07 Å². The van der Waals surface area contributed by atoms with Crippen molar-refractivity contribution in [1.29, 1.82) is 5.26 Å². The van der Waals surface area contributed by atoms with E-state index in [9.17, 15) is 5.26 Å². The lowest BCUT2D eigenvalue weighted by Crippen LogP contribution is -1.95. The van der Waals surface area contributed by atoms with Gasteiger partial charge in [-0.3, -0.25) is 0 Å². The van der Waals surface area contributed by atoms with Gasteiger partial charge in [-0.05, 0) is 37.7 Å². The van der Waals surface area contributed by atoms with Gasteiger partial charge in [0.05, 0.1) is 16.9 Å². The minimum Gasteiger partial charge on any atom is -0.330 e. The van der Waals surface area contributed by atoms with E-state index in [1.54, 1.807) is 23.1 Å². The van der Waals surface area contributed by atoms with Crippen molar-refractivity contribution in [2.24, 2.45) is 0 Å². The highest BCUT2D eigenvalue weighted by Gasteiger charge is 2.17. The van der Waals surface area contributed by atoms with Crippen molar-refractivity contribution in [1.82, 2.24) is 4.98 Å².